The first kappa shape index (κ1) is 16.9. The van der Waals surface area contributed by atoms with Crippen molar-refractivity contribution in [3.63, 3.8) is 0 Å². The van der Waals surface area contributed by atoms with Gasteiger partial charge in [-0.2, -0.15) is 0 Å². The minimum Gasteiger partial charge on any atom is -0.334 e. The van der Waals surface area contributed by atoms with Gasteiger partial charge in [-0.3, -0.25) is 0 Å². The summed E-state index contributed by atoms with van der Waals surface area (Å²) in [6, 6.07) is 13.9. The Labute approximate surface area is 157 Å². The van der Waals surface area contributed by atoms with Gasteiger partial charge in [0.25, 0.3) is 0 Å². The third-order valence-electron chi connectivity index (χ3n) is 4.82. The molecule has 0 fully saturated rings. The largest absolute Gasteiger partial charge is 0.334 e. The highest BCUT2D eigenvalue weighted by atomic mass is 32.1. The molecule has 2 N–H and O–H groups in total. The Hall–Kier alpha value is -2.53. The van der Waals surface area contributed by atoms with E-state index in [-0.39, 0.29) is 6.03 Å². The van der Waals surface area contributed by atoms with Gasteiger partial charge in [0.2, 0.25) is 0 Å². The van der Waals surface area contributed by atoms with Gasteiger partial charge in [0.1, 0.15) is 5.00 Å². The van der Waals surface area contributed by atoms with Crippen molar-refractivity contribution in [2.45, 2.75) is 38.8 Å². The highest BCUT2D eigenvalue weighted by Crippen LogP contribution is 2.36. The van der Waals surface area contributed by atoms with Crippen molar-refractivity contribution in [2.24, 2.45) is 0 Å². The number of amides is 2. The molecule has 0 saturated carbocycles. The molecule has 2 amide bonds. The molecule has 1 aliphatic carbocycles. The highest BCUT2D eigenvalue weighted by Gasteiger charge is 2.21. The van der Waals surface area contributed by atoms with Crippen LogP contribution in [0.25, 0.3) is 5.00 Å². The molecule has 0 spiro atoms. The smallest absolute Gasteiger partial charge is 0.315 e. The Balaban J connectivity index is 1.45. The van der Waals surface area contributed by atoms with E-state index in [4.69, 9.17) is 0 Å². The number of aryl methyl sites for hydroxylation is 1. The van der Waals surface area contributed by atoms with Crippen LogP contribution in [0.15, 0.2) is 54.9 Å². The van der Waals surface area contributed by atoms with E-state index in [0.29, 0.717) is 13.1 Å². The standard InChI is InChI=1S/C21H23N3OS/c25-21(22-14-16-8-2-1-3-9-16)23-15-18-17-10-4-5-11-19(17)26-20(18)24-12-6-7-13-24/h1-3,6-9,12-13H,4-5,10-11,14-15H2,(H2,22,23,25). The molecule has 0 unspecified atom stereocenters. The van der Waals surface area contributed by atoms with E-state index in [1.165, 1.54) is 33.8 Å². The Bertz CT molecular complexity index is 868. The molecule has 4 rings (SSSR count). The summed E-state index contributed by atoms with van der Waals surface area (Å²) in [5, 5.41) is 7.23. The fourth-order valence-corrected chi connectivity index (χ4v) is 4.86. The van der Waals surface area contributed by atoms with E-state index < -0.39 is 0 Å². The maximum Gasteiger partial charge on any atom is 0.315 e. The summed E-state index contributed by atoms with van der Waals surface area (Å²) >= 11 is 1.87. The topological polar surface area (TPSA) is 46.1 Å². The van der Waals surface area contributed by atoms with Crippen LogP contribution in [-0.4, -0.2) is 10.6 Å². The second-order valence-electron chi connectivity index (χ2n) is 6.61. The average molecular weight is 366 g/mol. The number of benzene rings is 1. The van der Waals surface area contributed by atoms with E-state index in [1.807, 2.05) is 53.8 Å². The number of nitrogens with zero attached hydrogens (tertiary/aromatic N) is 1. The number of nitrogens with one attached hydrogen (secondary N) is 2. The van der Waals surface area contributed by atoms with Crippen LogP contribution >= 0.6 is 11.3 Å². The number of aromatic nitrogens is 1. The van der Waals surface area contributed by atoms with Gasteiger partial charge in [-0.25, -0.2) is 4.79 Å². The molecule has 3 aromatic rings. The lowest BCUT2D eigenvalue weighted by Gasteiger charge is -2.14. The van der Waals surface area contributed by atoms with Gasteiger partial charge in [-0.05, 0) is 48.9 Å². The van der Waals surface area contributed by atoms with Gasteiger partial charge in [0.05, 0.1) is 0 Å². The summed E-state index contributed by atoms with van der Waals surface area (Å²) in [6.07, 6.45) is 8.95. The van der Waals surface area contributed by atoms with E-state index in [2.05, 4.69) is 27.6 Å². The van der Waals surface area contributed by atoms with Crippen LogP contribution in [0.5, 0.6) is 0 Å². The summed E-state index contributed by atoms with van der Waals surface area (Å²) < 4.78 is 2.17. The third-order valence-corrected chi connectivity index (χ3v) is 6.17. The molecule has 134 valence electrons. The van der Waals surface area contributed by atoms with Crippen LogP contribution in [0.1, 0.15) is 34.4 Å². The Kier molecular flexibility index (Phi) is 5.07. The number of thiophene rings is 1. The SMILES string of the molecule is O=C(NCc1ccccc1)NCc1c(-n2cccc2)sc2c1CCCC2. The molecule has 2 aromatic heterocycles. The quantitative estimate of drug-likeness (QED) is 0.691. The normalized spacial score (nSPS) is 13.2. The molecule has 0 saturated heterocycles. The number of rotatable bonds is 5. The molecular weight excluding hydrogens is 342 g/mol. The first-order valence-electron chi connectivity index (χ1n) is 9.13. The predicted molar refractivity (Wildman–Crippen MR) is 106 cm³/mol. The molecule has 0 atom stereocenters. The zero-order chi connectivity index (χ0) is 17.8. The molecular formula is C21H23N3OS. The minimum atomic E-state index is -0.122. The maximum atomic E-state index is 12.3. The second-order valence-corrected chi connectivity index (χ2v) is 7.69. The summed E-state index contributed by atoms with van der Waals surface area (Å²) in [5.74, 6) is 0. The maximum absolute atomic E-state index is 12.3. The van der Waals surface area contributed by atoms with Gasteiger partial charge in [-0.1, -0.05) is 30.3 Å². The zero-order valence-electron chi connectivity index (χ0n) is 14.7. The molecule has 0 bridgehead atoms. The van der Waals surface area contributed by atoms with Crippen molar-refractivity contribution in [3.05, 3.63) is 76.4 Å². The third kappa shape index (κ3) is 3.68. The van der Waals surface area contributed by atoms with Crippen molar-refractivity contribution in [3.8, 4) is 5.00 Å². The lowest BCUT2D eigenvalue weighted by Crippen LogP contribution is -2.34. The number of hydrogen-bond donors (Lipinski definition) is 2. The predicted octanol–water partition coefficient (Wildman–Crippen LogP) is 4.42. The van der Waals surface area contributed by atoms with Crippen molar-refractivity contribution in [1.82, 2.24) is 15.2 Å². The monoisotopic (exact) mass is 365 g/mol. The molecule has 1 aromatic carbocycles. The summed E-state index contributed by atoms with van der Waals surface area (Å²) in [4.78, 5) is 13.7. The summed E-state index contributed by atoms with van der Waals surface area (Å²) in [5.41, 5.74) is 3.83. The van der Waals surface area contributed by atoms with Crippen LogP contribution in [0.3, 0.4) is 0 Å². The van der Waals surface area contributed by atoms with Crippen molar-refractivity contribution < 1.29 is 4.79 Å². The lowest BCUT2D eigenvalue weighted by molar-refractivity contribution is 0.240. The van der Waals surface area contributed by atoms with Crippen molar-refractivity contribution >= 4 is 17.4 Å². The molecule has 0 radical (unpaired) electrons. The minimum absolute atomic E-state index is 0.122. The fourth-order valence-electron chi connectivity index (χ4n) is 3.49. The number of carbonyl (C=O) groups excluding carboxylic acids is 1. The fraction of sp³-hybridized carbons (Fsp3) is 0.286. The lowest BCUT2D eigenvalue weighted by atomic mass is 9.95. The van der Waals surface area contributed by atoms with Crippen molar-refractivity contribution in [1.29, 1.82) is 0 Å². The van der Waals surface area contributed by atoms with E-state index in [9.17, 15) is 4.79 Å². The van der Waals surface area contributed by atoms with Crippen LogP contribution in [0.4, 0.5) is 4.79 Å². The Morgan fingerprint density at radius 2 is 1.69 bits per heavy atom. The second kappa shape index (κ2) is 7.79. The van der Waals surface area contributed by atoms with Crippen LogP contribution in [0.2, 0.25) is 0 Å². The first-order valence-corrected chi connectivity index (χ1v) is 9.95. The molecule has 0 aliphatic heterocycles. The van der Waals surface area contributed by atoms with Gasteiger partial charge in [0, 0.05) is 35.9 Å². The van der Waals surface area contributed by atoms with Gasteiger partial charge in [0.15, 0.2) is 0 Å². The van der Waals surface area contributed by atoms with Gasteiger partial charge >= 0.3 is 6.03 Å². The molecule has 2 heterocycles. The number of carbonyl (C=O) groups is 1. The number of hydrogen-bond acceptors (Lipinski definition) is 2. The molecule has 26 heavy (non-hydrogen) atoms. The summed E-state index contributed by atoms with van der Waals surface area (Å²) in [7, 11) is 0. The molecule has 1 aliphatic rings. The van der Waals surface area contributed by atoms with E-state index in [0.717, 1.165) is 18.4 Å². The van der Waals surface area contributed by atoms with Crippen LogP contribution < -0.4 is 10.6 Å². The van der Waals surface area contributed by atoms with Gasteiger partial charge in [-0.15, -0.1) is 11.3 Å². The number of urea groups is 1. The van der Waals surface area contributed by atoms with E-state index in [1.54, 1.807) is 0 Å². The van der Waals surface area contributed by atoms with Gasteiger partial charge < -0.3 is 15.2 Å². The van der Waals surface area contributed by atoms with Crippen molar-refractivity contribution in [2.75, 3.05) is 0 Å². The molecule has 5 heteroatoms. The number of fused-ring (bicyclic) bond motifs is 1. The average Bonchev–Trinajstić information content (AvgIpc) is 3.33. The summed E-state index contributed by atoms with van der Waals surface area (Å²) in [6.45, 7) is 1.11. The molecule has 4 nitrogen and oxygen atoms in total. The van der Waals surface area contributed by atoms with E-state index >= 15 is 0 Å². The van der Waals surface area contributed by atoms with Crippen LogP contribution in [-0.2, 0) is 25.9 Å². The van der Waals surface area contributed by atoms with Crippen LogP contribution in [0, 0.1) is 0 Å². The Morgan fingerprint density at radius 3 is 2.50 bits per heavy atom. The zero-order valence-corrected chi connectivity index (χ0v) is 15.5. The highest BCUT2D eigenvalue weighted by molar-refractivity contribution is 7.14. The first-order chi connectivity index (χ1) is 12.8. The Morgan fingerprint density at radius 1 is 0.962 bits per heavy atom.